The second-order valence-electron chi connectivity index (χ2n) is 4.89. The second kappa shape index (κ2) is 6.87. The molecule has 2 rings (SSSR count). The standard InChI is InChI=1S/C16H16BrNO4/c1-4-21-16(20)12-8-18-13-6-5-10(7-11(13)14(12)17)15(19)22-9(2)3/h5-9H,4H2,1-3H3. The molecular weight excluding hydrogens is 350 g/mol. The molecule has 22 heavy (non-hydrogen) atoms. The van der Waals surface area contributed by atoms with Crippen LogP contribution in [0.2, 0.25) is 0 Å². The van der Waals surface area contributed by atoms with Gasteiger partial charge < -0.3 is 9.47 Å². The molecule has 2 aromatic rings. The lowest BCUT2D eigenvalue weighted by Crippen LogP contribution is -2.11. The van der Waals surface area contributed by atoms with Gasteiger partial charge in [0.25, 0.3) is 0 Å². The highest BCUT2D eigenvalue weighted by Crippen LogP contribution is 2.28. The van der Waals surface area contributed by atoms with E-state index >= 15 is 0 Å². The molecule has 0 aliphatic heterocycles. The van der Waals surface area contributed by atoms with Crippen molar-refractivity contribution in [3.8, 4) is 0 Å². The van der Waals surface area contributed by atoms with Crippen LogP contribution < -0.4 is 0 Å². The maximum atomic E-state index is 12.0. The third kappa shape index (κ3) is 3.44. The van der Waals surface area contributed by atoms with Gasteiger partial charge in [-0.2, -0.15) is 0 Å². The first-order valence-corrected chi connectivity index (χ1v) is 7.69. The largest absolute Gasteiger partial charge is 0.462 e. The van der Waals surface area contributed by atoms with Gasteiger partial charge in [0.1, 0.15) is 0 Å². The average molecular weight is 366 g/mol. The Bertz CT molecular complexity index is 727. The molecule has 0 bridgehead atoms. The van der Waals surface area contributed by atoms with E-state index in [2.05, 4.69) is 20.9 Å². The SMILES string of the molecule is CCOC(=O)c1cnc2ccc(C(=O)OC(C)C)cc2c1Br. The lowest BCUT2D eigenvalue weighted by Gasteiger charge is -2.10. The number of esters is 2. The highest BCUT2D eigenvalue weighted by Gasteiger charge is 2.17. The number of aromatic nitrogens is 1. The molecule has 0 aliphatic carbocycles. The maximum absolute atomic E-state index is 12.0. The van der Waals surface area contributed by atoms with E-state index < -0.39 is 11.9 Å². The summed E-state index contributed by atoms with van der Waals surface area (Å²) >= 11 is 3.39. The van der Waals surface area contributed by atoms with Gasteiger partial charge in [-0.3, -0.25) is 4.98 Å². The summed E-state index contributed by atoms with van der Waals surface area (Å²) < 4.78 is 10.7. The Morgan fingerprint density at radius 3 is 2.64 bits per heavy atom. The third-order valence-electron chi connectivity index (χ3n) is 2.88. The van der Waals surface area contributed by atoms with Gasteiger partial charge in [-0.15, -0.1) is 0 Å². The van der Waals surface area contributed by atoms with Gasteiger partial charge in [-0.05, 0) is 54.9 Å². The molecule has 116 valence electrons. The Balaban J connectivity index is 2.48. The second-order valence-corrected chi connectivity index (χ2v) is 5.69. The van der Waals surface area contributed by atoms with Gasteiger partial charge in [0.2, 0.25) is 0 Å². The van der Waals surface area contributed by atoms with Crippen LogP contribution in [-0.4, -0.2) is 29.6 Å². The zero-order valence-corrected chi connectivity index (χ0v) is 14.1. The van der Waals surface area contributed by atoms with Crippen LogP contribution >= 0.6 is 15.9 Å². The van der Waals surface area contributed by atoms with Crippen molar-refractivity contribution in [3.05, 3.63) is 40.0 Å². The quantitative estimate of drug-likeness (QED) is 0.772. The summed E-state index contributed by atoms with van der Waals surface area (Å²) in [4.78, 5) is 28.1. The zero-order chi connectivity index (χ0) is 16.3. The van der Waals surface area contributed by atoms with Gasteiger partial charge in [0.05, 0.1) is 29.4 Å². The van der Waals surface area contributed by atoms with Gasteiger partial charge in [0.15, 0.2) is 0 Å². The van der Waals surface area contributed by atoms with Crippen LogP contribution in [0.15, 0.2) is 28.9 Å². The van der Waals surface area contributed by atoms with E-state index in [4.69, 9.17) is 9.47 Å². The maximum Gasteiger partial charge on any atom is 0.340 e. The molecule has 0 fully saturated rings. The molecular formula is C16H16BrNO4. The predicted molar refractivity (Wildman–Crippen MR) is 86.0 cm³/mol. The van der Waals surface area contributed by atoms with Crippen LogP contribution in [0, 0.1) is 0 Å². The topological polar surface area (TPSA) is 65.5 Å². The fourth-order valence-corrected chi connectivity index (χ4v) is 2.50. The minimum Gasteiger partial charge on any atom is -0.462 e. The molecule has 0 saturated heterocycles. The highest BCUT2D eigenvalue weighted by molar-refractivity contribution is 9.10. The first kappa shape index (κ1) is 16.4. The van der Waals surface area contributed by atoms with Crippen molar-refractivity contribution in [2.24, 2.45) is 0 Å². The average Bonchev–Trinajstić information content (AvgIpc) is 2.47. The van der Waals surface area contributed by atoms with Crippen molar-refractivity contribution in [3.63, 3.8) is 0 Å². The Labute approximate surface area is 136 Å². The Morgan fingerprint density at radius 1 is 1.27 bits per heavy atom. The van der Waals surface area contributed by atoms with E-state index in [9.17, 15) is 9.59 Å². The van der Waals surface area contributed by atoms with Crippen LogP contribution in [0.1, 0.15) is 41.5 Å². The molecule has 0 radical (unpaired) electrons. The predicted octanol–water partition coefficient (Wildman–Crippen LogP) is 3.74. The molecule has 0 saturated carbocycles. The molecule has 1 aromatic heterocycles. The molecule has 5 nitrogen and oxygen atoms in total. The number of pyridine rings is 1. The number of hydrogen-bond donors (Lipinski definition) is 0. The zero-order valence-electron chi connectivity index (χ0n) is 12.6. The van der Waals surface area contributed by atoms with Gasteiger partial charge in [-0.1, -0.05) is 0 Å². The van der Waals surface area contributed by atoms with Crippen molar-refractivity contribution in [2.45, 2.75) is 26.9 Å². The fourth-order valence-electron chi connectivity index (χ4n) is 1.92. The minimum absolute atomic E-state index is 0.198. The third-order valence-corrected chi connectivity index (χ3v) is 3.73. The Kier molecular flexibility index (Phi) is 5.13. The number of nitrogens with zero attached hydrogens (tertiary/aromatic N) is 1. The molecule has 0 amide bonds. The van der Waals surface area contributed by atoms with Crippen LogP contribution in [0.25, 0.3) is 10.9 Å². The number of benzene rings is 1. The van der Waals surface area contributed by atoms with E-state index in [1.165, 1.54) is 6.20 Å². The number of ether oxygens (including phenoxy) is 2. The Hall–Kier alpha value is -1.95. The van der Waals surface area contributed by atoms with Crippen molar-refractivity contribution in [1.29, 1.82) is 0 Å². The number of rotatable bonds is 4. The van der Waals surface area contributed by atoms with E-state index in [0.717, 1.165) is 0 Å². The number of halogens is 1. The summed E-state index contributed by atoms with van der Waals surface area (Å²) in [7, 11) is 0. The van der Waals surface area contributed by atoms with Gasteiger partial charge >= 0.3 is 11.9 Å². The number of carbonyl (C=O) groups is 2. The van der Waals surface area contributed by atoms with Crippen molar-refractivity contribution >= 4 is 38.8 Å². The van der Waals surface area contributed by atoms with E-state index in [1.807, 2.05) is 0 Å². The molecule has 1 aromatic carbocycles. The van der Waals surface area contributed by atoms with E-state index in [1.54, 1.807) is 39.0 Å². The van der Waals surface area contributed by atoms with Gasteiger partial charge in [0, 0.05) is 16.1 Å². The summed E-state index contributed by atoms with van der Waals surface area (Å²) in [6.07, 6.45) is 1.26. The van der Waals surface area contributed by atoms with Crippen LogP contribution in [-0.2, 0) is 9.47 Å². The summed E-state index contributed by atoms with van der Waals surface area (Å²) in [5.41, 5.74) is 1.40. The minimum atomic E-state index is -0.459. The molecule has 0 aliphatic rings. The lowest BCUT2D eigenvalue weighted by molar-refractivity contribution is 0.0377. The molecule has 6 heteroatoms. The monoisotopic (exact) mass is 365 g/mol. The van der Waals surface area contributed by atoms with Crippen LogP contribution in [0.3, 0.4) is 0 Å². The number of carbonyl (C=O) groups excluding carboxylic acids is 2. The first-order chi connectivity index (χ1) is 10.4. The number of hydrogen-bond acceptors (Lipinski definition) is 5. The van der Waals surface area contributed by atoms with Crippen LogP contribution in [0.4, 0.5) is 0 Å². The van der Waals surface area contributed by atoms with E-state index in [0.29, 0.717) is 26.5 Å². The molecule has 0 spiro atoms. The van der Waals surface area contributed by atoms with Gasteiger partial charge in [-0.25, -0.2) is 9.59 Å². The molecule has 0 unspecified atom stereocenters. The summed E-state index contributed by atoms with van der Waals surface area (Å²) in [6.45, 7) is 5.59. The van der Waals surface area contributed by atoms with Crippen molar-refractivity contribution < 1.29 is 19.1 Å². The Morgan fingerprint density at radius 2 is 2.00 bits per heavy atom. The van der Waals surface area contributed by atoms with Crippen LogP contribution in [0.5, 0.6) is 0 Å². The van der Waals surface area contributed by atoms with Crippen molar-refractivity contribution in [2.75, 3.05) is 6.61 Å². The summed E-state index contributed by atoms with van der Waals surface area (Å²) in [5.74, 6) is -0.871. The normalized spacial score (nSPS) is 10.8. The smallest absolute Gasteiger partial charge is 0.340 e. The fraction of sp³-hybridized carbons (Fsp3) is 0.312. The summed E-state index contributed by atoms with van der Waals surface area (Å²) in [5, 5.41) is 0.656. The number of fused-ring (bicyclic) bond motifs is 1. The first-order valence-electron chi connectivity index (χ1n) is 6.90. The van der Waals surface area contributed by atoms with Crippen molar-refractivity contribution in [1.82, 2.24) is 4.98 Å². The summed E-state index contributed by atoms with van der Waals surface area (Å²) in [6, 6.07) is 5.02. The molecule has 0 atom stereocenters. The molecule has 0 N–H and O–H groups in total. The highest BCUT2D eigenvalue weighted by atomic mass is 79.9. The molecule has 1 heterocycles. The lowest BCUT2D eigenvalue weighted by atomic mass is 10.1. The van der Waals surface area contributed by atoms with E-state index in [-0.39, 0.29) is 12.7 Å².